The van der Waals surface area contributed by atoms with Crippen LogP contribution >= 0.6 is 0 Å². The number of likely N-dealkylation sites (tertiary alicyclic amines) is 1. The van der Waals surface area contributed by atoms with Crippen molar-refractivity contribution in [1.82, 2.24) is 10.2 Å². The minimum Gasteiger partial charge on any atom is -0.468 e. The number of ether oxygens (including phenoxy) is 2. The van der Waals surface area contributed by atoms with Crippen LogP contribution in [0.2, 0.25) is 0 Å². The summed E-state index contributed by atoms with van der Waals surface area (Å²) in [7, 11) is 1.39. The fraction of sp³-hybridized carbons (Fsp3) is 0.875. The van der Waals surface area contributed by atoms with Gasteiger partial charge in [0.05, 0.1) is 7.11 Å². The molecule has 22 heavy (non-hydrogen) atoms. The van der Waals surface area contributed by atoms with Crippen LogP contribution in [0.4, 0.5) is 4.79 Å². The van der Waals surface area contributed by atoms with Gasteiger partial charge in [-0.15, -0.1) is 0 Å². The van der Waals surface area contributed by atoms with Gasteiger partial charge in [-0.25, -0.2) is 4.79 Å². The molecule has 0 aromatic carbocycles. The second-order valence-electron chi connectivity index (χ2n) is 7.40. The fourth-order valence-corrected chi connectivity index (χ4v) is 2.39. The lowest BCUT2D eigenvalue weighted by Crippen LogP contribution is -2.49. The second kappa shape index (κ2) is 7.31. The number of carbonyl (C=O) groups is 2. The summed E-state index contributed by atoms with van der Waals surface area (Å²) in [6.07, 6.45) is 1.52. The molecule has 1 aliphatic heterocycles. The minimum absolute atomic E-state index is 0.0702. The summed E-state index contributed by atoms with van der Waals surface area (Å²) in [6, 6.07) is -0.314. The monoisotopic (exact) mass is 314 g/mol. The third kappa shape index (κ3) is 5.83. The smallest absolute Gasteiger partial charge is 0.410 e. The zero-order chi connectivity index (χ0) is 17.0. The van der Waals surface area contributed by atoms with Crippen LogP contribution < -0.4 is 5.32 Å². The molecular formula is C16H30N2O4. The predicted octanol–water partition coefficient (Wildman–Crippen LogP) is 2.17. The maximum atomic E-state index is 12.0. The molecule has 1 atom stereocenters. The lowest BCUT2D eigenvalue weighted by atomic mass is 9.80. The number of esters is 1. The van der Waals surface area contributed by atoms with E-state index in [1.807, 2.05) is 20.8 Å². The Labute approximate surface area is 133 Å². The van der Waals surface area contributed by atoms with Gasteiger partial charge in [-0.3, -0.25) is 4.79 Å². The topological polar surface area (TPSA) is 67.9 Å². The van der Waals surface area contributed by atoms with Crippen LogP contribution in [-0.2, 0) is 14.3 Å². The van der Waals surface area contributed by atoms with E-state index < -0.39 is 5.60 Å². The summed E-state index contributed by atoms with van der Waals surface area (Å²) < 4.78 is 10.1. The van der Waals surface area contributed by atoms with Crippen LogP contribution in [0.1, 0.15) is 47.5 Å². The Morgan fingerprint density at radius 2 is 1.82 bits per heavy atom. The van der Waals surface area contributed by atoms with Gasteiger partial charge in [0.2, 0.25) is 0 Å². The molecule has 1 unspecified atom stereocenters. The first kappa shape index (κ1) is 18.7. The van der Waals surface area contributed by atoms with E-state index in [0.29, 0.717) is 13.1 Å². The first-order valence-corrected chi connectivity index (χ1v) is 7.85. The summed E-state index contributed by atoms with van der Waals surface area (Å²) in [5.74, 6) is -0.255. The van der Waals surface area contributed by atoms with Gasteiger partial charge in [-0.05, 0) is 46.0 Å². The van der Waals surface area contributed by atoms with E-state index in [-0.39, 0.29) is 23.5 Å². The molecule has 1 aliphatic rings. The van der Waals surface area contributed by atoms with Crippen LogP contribution in [0.5, 0.6) is 0 Å². The summed E-state index contributed by atoms with van der Waals surface area (Å²) in [5, 5.41) is 3.22. The molecule has 1 saturated heterocycles. The van der Waals surface area contributed by atoms with Crippen LogP contribution in [0.25, 0.3) is 0 Å². The quantitative estimate of drug-likeness (QED) is 0.806. The molecule has 6 nitrogen and oxygen atoms in total. The number of piperidine rings is 1. The van der Waals surface area contributed by atoms with Crippen molar-refractivity contribution in [3.05, 3.63) is 0 Å². The molecular weight excluding hydrogens is 284 g/mol. The Balaban J connectivity index is 2.43. The molecule has 0 aromatic rings. The van der Waals surface area contributed by atoms with Gasteiger partial charge in [0.1, 0.15) is 11.6 Å². The zero-order valence-corrected chi connectivity index (χ0v) is 14.7. The van der Waals surface area contributed by atoms with Crippen molar-refractivity contribution in [3.8, 4) is 0 Å². The van der Waals surface area contributed by atoms with Gasteiger partial charge in [0.25, 0.3) is 0 Å². The number of hydrogen-bond acceptors (Lipinski definition) is 5. The lowest BCUT2D eigenvalue weighted by molar-refractivity contribution is -0.142. The van der Waals surface area contributed by atoms with E-state index in [4.69, 9.17) is 9.47 Å². The molecule has 1 N–H and O–H groups in total. The zero-order valence-electron chi connectivity index (χ0n) is 14.7. The molecule has 0 radical (unpaired) electrons. The van der Waals surface area contributed by atoms with E-state index in [9.17, 15) is 9.59 Å². The number of nitrogens with zero attached hydrogens (tertiary/aromatic N) is 1. The van der Waals surface area contributed by atoms with E-state index in [2.05, 4.69) is 12.2 Å². The Bertz CT molecular complexity index is 395. The second-order valence-corrected chi connectivity index (χ2v) is 7.40. The first-order valence-electron chi connectivity index (χ1n) is 7.85. The van der Waals surface area contributed by atoms with Gasteiger partial charge in [0.15, 0.2) is 0 Å². The molecule has 0 saturated carbocycles. The highest BCUT2D eigenvalue weighted by Crippen LogP contribution is 2.30. The normalized spacial score (nSPS) is 19.5. The summed E-state index contributed by atoms with van der Waals surface area (Å²) >= 11 is 0. The Morgan fingerprint density at radius 3 is 2.27 bits per heavy atom. The Hall–Kier alpha value is -1.30. The predicted molar refractivity (Wildman–Crippen MR) is 84.6 cm³/mol. The highest BCUT2D eigenvalue weighted by molar-refractivity contribution is 5.75. The first-order chi connectivity index (χ1) is 10.1. The molecule has 128 valence electrons. The molecule has 1 amide bonds. The van der Waals surface area contributed by atoms with Gasteiger partial charge < -0.3 is 19.7 Å². The maximum Gasteiger partial charge on any atom is 0.410 e. The van der Waals surface area contributed by atoms with Gasteiger partial charge in [0, 0.05) is 19.6 Å². The minimum atomic E-state index is -0.463. The highest BCUT2D eigenvalue weighted by atomic mass is 16.6. The highest BCUT2D eigenvalue weighted by Gasteiger charge is 2.34. The number of amides is 1. The molecule has 1 fully saturated rings. The van der Waals surface area contributed by atoms with E-state index in [1.54, 1.807) is 11.8 Å². The average molecular weight is 314 g/mol. The van der Waals surface area contributed by atoms with Crippen molar-refractivity contribution in [2.24, 2.45) is 5.41 Å². The summed E-state index contributed by atoms with van der Waals surface area (Å²) in [6.45, 7) is 11.7. The maximum absolute atomic E-state index is 12.0. The van der Waals surface area contributed by atoms with Gasteiger partial charge >= 0.3 is 12.1 Å². The number of carbonyl (C=O) groups excluding carboxylic acids is 2. The van der Waals surface area contributed by atoms with Crippen molar-refractivity contribution >= 4 is 12.1 Å². The molecule has 6 heteroatoms. The van der Waals surface area contributed by atoms with Crippen LogP contribution in [0, 0.1) is 5.41 Å². The summed E-state index contributed by atoms with van der Waals surface area (Å²) in [4.78, 5) is 25.2. The van der Waals surface area contributed by atoms with Crippen molar-refractivity contribution < 1.29 is 19.1 Å². The van der Waals surface area contributed by atoms with Crippen molar-refractivity contribution in [2.75, 3.05) is 26.7 Å². The van der Waals surface area contributed by atoms with Crippen molar-refractivity contribution in [1.29, 1.82) is 0 Å². The van der Waals surface area contributed by atoms with Crippen molar-refractivity contribution in [3.63, 3.8) is 0 Å². The van der Waals surface area contributed by atoms with Gasteiger partial charge in [-0.2, -0.15) is 0 Å². The fourth-order valence-electron chi connectivity index (χ4n) is 2.39. The van der Waals surface area contributed by atoms with Crippen LogP contribution in [0.15, 0.2) is 0 Å². The Kier molecular flexibility index (Phi) is 6.23. The van der Waals surface area contributed by atoms with E-state index in [1.165, 1.54) is 7.11 Å². The lowest BCUT2D eigenvalue weighted by Gasteiger charge is -2.40. The average Bonchev–Trinajstić information content (AvgIpc) is 2.42. The molecule has 0 aromatic heterocycles. The Morgan fingerprint density at radius 1 is 1.27 bits per heavy atom. The molecule has 1 rings (SSSR count). The third-order valence-corrected chi connectivity index (χ3v) is 4.01. The number of rotatable bonds is 4. The number of hydrogen-bond donors (Lipinski definition) is 1. The van der Waals surface area contributed by atoms with E-state index >= 15 is 0 Å². The van der Waals surface area contributed by atoms with Crippen LogP contribution in [-0.4, -0.2) is 55.3 Å². The molecule has 1 heterocycles. The third-order valence-electron chi connectivity index (χ3n) is 4.01. The standard InChI is InChI=1S/C16H30N2O4/c1-12(13(19)21-6)17-11-16(5)7-9-18(10-8-16)14(20)22-15(2,3)4/h12,17H,7-11H2,1-6H3. The van der Waals surface area contributed by atoms with Crippen molar-refractivity contribution in [2.45, 2.75) is 59.1 Å². The molecule has 0 bridgehead atoms. The molecule has 0 aliphatic carbocycles. The van der Waals surface area contributed by atoms with Crippen LogP contribution in [0.3, 0.4) is 0 Å². The summed E-state index contributed by atoms with van der Waals surface area (Å²) in [5.41, 5.74) is -0.393. The largest absolute Gasteiger partial charge is 0.468 e. The number of nitrogens with one attached hydrogen (secondary N) is 1. The van der Waals surface area contributed by atoms with Gasteiger partial charge in [-0.1, -0.05) is 6.92 Å². The SMILES string of the molecule is COC(=O)C(C)NCC1(C)CCN(C(=O)OC(C)(C)C)CC1. The number of methoxy groups -OCH3 is 1. The molecule has 0 spiro atoms. The van der Waals surface area contributed by atoms with E-state index in [0.717, 1.165) is 19.4 Å².